The van der Waals surface area contributed by atoms with Gasteiger partial charge in [0.2, 0.25) is 0 Å². The van der Waals surface area contributed by atoms with E-state index in [1.165, 1.54) is 25.1 Å². The van der Waals surface area contributed by atoms with Crippen LogP contribution in [0.25, 0.3) is 11.8 Å². The first-order valence-electron chi connectivity index (χ1n) is 8.48. The third kappa shape index (κ3) is 3.22. The molecule has 0 aliphatic carbocycles. The van der Waals surface area contributed by atoms with Gasteiger partial charge in [-0.3, -0.25) is 19.8 Å². The van der Waals surface area contributed by atoms with E-state index < -0.39 is 17.8 Å². The van der Waals surface area contributed by atoms with Gasteiger partial charge in [-0.25, -0.2) is 4.79 Å². The number of para-hydroxylation sites is 1. The number of aromatic nitrogens is 1. The number of ether oxygens (including phenoxy) is 1. The normalized spacial score (nSPS) is 15.8. The fraction of sp³-hybridized carbons (Fsp3) is 0.200. The van der Waals surface area contributed by atoms with Gasteiger partial charge in [-0.2, -0.15) is 0 Å². The molecule has 8 heteroatoms. The fourth-order valence-electron chi connectivity index (χ4n) is 3.16. The minimum atomic E-state index is -0.534. The lowest BCUT2D eigenvalue weighted by molar-refractivity contribution is -0.128. The van der Waals surface area contributed by atoms with Crippen molar-refractivity contribution in [3.05, 3.63) is 58.4 Å². The summed E-state index contributed by atoms with van der Waals surface area (Å²) < 4.78 is 6.76. The number of benzene rings is 1. The average molecular weight is 397 g/mol. The van der Waals surface area contributed by atoms with Gasteiger partial charge < -0.3 is 9.30 Å². The highest BCUT2D eigenvalue weighted by Gasteiger charge is 2.31. The molecule has 0 saturated carbocycles. The topological polar surface area (TPSA) is 80.6 Å². The largest absolute Gasteiger partial charge is 0.465 e. The molecule has 0 radical (unpaired) electrons. The van der Waals surface area contributed by atoms with Gasteiger partial charge in [0.15, 0.2) is 5.11 Å². The van der Waals surface area contributed by atoms with Crippen LogP contribution >= 0.6 is 12.2 Å². The van der Waals surface area contributed by atoms with Crippen molar-refractivity contribution < 1.29 is 19.1 Å². The molecule has 2 amide bonds. The summed E-state index contributed by atoms with van der Waals surface area (Å²) in [5.41, 5.74) is 3.38. The molecular weight excluding hydrogens is 378 g/mol. The predicted molar refractivity (Wildman–Crippen MR) is 108 cm³/mol. The maximum Gasteiger partial charge on any atom is 0.339 e. The number of amides is 2. The van der Waals surface area contributed by atoms with Crippen molar-refractivity contribution in [3.63, 3.8) is 0 Å². The Kier molecular flexibility index (Phi) is 5.15. The van der Waals surface area contributed by atoms with Crippen molar-refractivity contribution >= 4 is 41.2 Å². The number of esters is 1. The zero-order valence-corrected chi connectivity index (χ0v) is 16.7. The van der Waals surface area contributed by atoms with E-state index in [1.807, 2.05) is 36.6 Å². The van der Waals surface area contributed by atoms with Crippen molar-refractivity contribution in [1.82, 2.24) is 14.8 Å². The van der Waals surface area contributed by atoms with Crippen LogP contribution in [-0.4, -0.2) is 46.5 Å². The Labute approximate surface area is 167 Å². The quantitative estimate of drug-likeness (QED) is 0.371. The zero-order chi connectivity index (χ0) is 20.6. The Bertz CT molecular complexity index is 1050. The molecule has 2 heterocycles. The molecule has 1 saturated heterocycles. The molecule has 0 spiro atoms. The summed E-state index contributed by atoms with van der Waals surface area (Å²) in [4.78, 5) is 38.0. The number of nitrogens with zero attached hydrogens (tertiary/aromatic N) is 2. The second-order valence-electron chi connectivity index (χ2n) is 6.35. The molecule has 2 aromatic rings. The molecule has 3 rings (SSSR count). The molecular formula is C20H19N3O4S. The monoisotopic (exact) mass is 397 g/mol. The summed E-state index contributed by atoms with van der Waals surface area (Å²) in [5.74, 6) is -1.44. The van der Waals surface area contributed by atoms with Crippen molar-refractivity contribution in [1.29, 1.82) is 0 Å². The first-order valence-corrected chi connectivity index (χ1v) is 8.88. The Morgan fingerprint density at radius 2 is 1.89 bits per heavy atom. The third-order valence-electron chi connectivity index (χ3n) is 4.63. The molecule has 0 atom stereocenters. The fourth-order valence-corrected chi connectivity index (χ4v) is 3.33. The minimum absolute atomic E-state index is 0.00222. The van der Waals surface area contributed by atoms with Gasteiger partial charge in [0.25, 0.3) is 11.8 Å². The summed E-state index contributed by atoms with van der Waals surface area (Å²) in [7, 11) is 2.84. The first kappa shape index (κ1) is 19.5. The standard InChI is InChI=1S/C20H19N3O4S/c1-11-9-13(10-15-17(24)21-20(28)22(3)18(15)25)12(2)23(11)16-8-6-5-7-14(16)19(26)27-4/h5-10H,1-4H3,(H,21,24,28)/b15-10+. The lowest BCUT2D eigenvalue weighted by Crippen LogP contribution is -2.52. The van der Waals surface area contributed by atoms with Gasteiger partial charge in [0.1, 0.15) is 5.57 Å². The van der Waals surface area contributed by atoms with Crippen LogP contribution in [0.4, 0.5) is 0 Å². The lowest BCUT2D eigenvalue weighted by atomic mass is 10.1. The molecule has 7 nitrogen and oxygen atoms in total. The lowest BCUT2D eigenvalue weighted by Gasteiger charge is -2.25. The van der Waals surface area contributed by atoms with E-state index in [9.17, 15) is 14.4 Å². The highest BCUT2D eigenvalue weighted by atomic mass is 32.1. The maximum atomic E-state index is 12.4. The first-order chi connectivity index (χ1) is 13.3. The van der Waals surface area contributed by atoms with Crippen LogP contribution in [0.15, 0.2) is 35.9 Å². The van der Waals surface area contributed by atoms with Crippen molar-refractivity contribution in [2.24, 2.45) is 0 Å². The number of carbonyl (C=O) groups is 3. The minimum Gasteiger partial charge on any atom is -0.465 e. The Balaban J connectivity index is 2.12. The van der Waals surface area contributed by atoms with Crippen LogP contribution < -0.4 is 5.32 Å². The van der Waals surface area contributed by atoms with Crippen LogP contribution in [0.1, 0.15) is 27.3 Å². The highest BCUT2D eigenvalue weighted by Crippen LogP contribution is 2.26. The molecule has 1 aliphatic rings. The van der Waals surface area contributed by atoms with Gasteiger partial charge in [-0.05, 0) is 55.9 Å². The smallest absolute Gasteiger partial charge is 0.339 e. The van der Waals surface area contributed by atoms with E-state index in [-0.39, 0.29) is 10.7 Å². The molecule has 1 aromatic heterocycles. The Morgan fingerprint density at radius 3 is 2.57 bits per heavy atom. The molecule has 0 bridgehead atoms. The average Bonchev–Trinajstić information content (AvgIpc) is 2.96. The number of hydrogen-bond donors (Lipinski definition) is 1. The number of nitrogens with one attached hydrogen (secondary N) is 1. The number of hydrogen-bond acceptors (Lipinski definition) is 5. The SMILES string of the molecule is COC(=O)c1ccccc1-n1c(C)cc(/C=C2\C(=O)NC(=S)N(C)C2=O)c1C. The summed E-state index contributed by atoms with van der Waals surface area (Å²) in [6, 6.07) is 8.94. The molecule has 1 N–H and O–H groups in total. The number of carbonyl (C=O) groups excluding carboxylic acids is 3. The molecule has 1 aromatic carbocycles. The van der Waals surface area contributed by atoms with Gasteiger partial charge in [-0.1, -0.05) is 12.1 Å². The Hall–Kier alpha value is -3.26. The number of rotatable bonds is 3. The van der Waals surface area contributed by atoms with Crippen LogP contribution in [0, 0.1) is 13.8 Å². The van der Waals surface area contributed by atoms with E-state index in [0.29, 0.717) is 16.8 Å². The summed E-state index contributed by atoms with van der Waals surface area (Å²) in [6.07, 6.45) is 1.54. The van der Waals surface area contributed by atoms with Crippen LogP contribution in [-0.2, 0) is 14.3 Å². The van der Waals surface area contributed by atoms with Crippen LogP contribution in [0.3, 0.4) is 0 Å². The number of aryl methyl sites for hydroxylation is 1. The van der Waals surface area contributed by atoms with Gasteiger partial charge >= 0.3 is 5.97 Å². The Morgan fingerprint density at radius 1 is 1.21 bits per heavy atom. The molecule has 0 unspecified atom stereocenters. The van der Waals surface area contributed by atoms with Crippen molar-refractivity contribution in [2.75, 3.05) is 14.2 Å². The van der Waals surface area contributed by atoms with Gasteiger partial charge in [-0.15, -0.1) is 0 Å². The van der Waals surface area contributed by atoms with E-state index in [2.05, 4.69) is 5.32 Å². The molecule has 1 aliphatic heterocycles. The number of methoxy groups -OCH3 is 1. The summed E-state index contributed by atoms with van der Waals surface area (Å²) in [6.45, 7) is 3.74. The van der Waals surface area contributed by atoms with Crippen molar-refractivity contribution in [2.45, 2.75) is 13.8 Å². The summed E-state index contributed by atoms with van der Waals surface area (Å²) >= 11 is 4.96. The summed E-state index contributed by atoms with van der Waals surface area (Å²) in [5, 5.41) is 2.57. The van der Waals surface area contributed by atoms with Crippen LogP contribution in [0.5, 0.6) is 0 Å². The maximum absolute atomic E-state index is 12.4. The second-order valence-corrected chi connectivity index (χ2v) is 6.74. The predicted octanol–water partition coefficient (Wildman–Crippen LogP) is 2.14. The third-order valence-corrected chi connectivity index (χ3v) is 5.00. The van der Waals surface area contributed by atoms with Crippen molar-refractivity contribution in [3.8, 4) is 5.69 Å². The van der Waals surface area contributed by atoms with E-state index in [1.54, 1.807) is 12.1 Å². The zero-order valence-electron chi connectivity index (χ0n) is 15.9. The molecule has 1 fully saturated rings. The van der Waals surface area contributed by atoms with E-state index >= 15 is 0 Å². The van der Waals surface area contributed by atoms with E-state index in [0.717, 1.165) is 11.4 Å². The van der Waals surface area contributed by atoms with E-state index in [4.69, 9.17) is 17.0 Å². The second kappa shape index (κ2) is 7.40. The highest BCUT2D eigenvalue weighted by molar-refractivity contribution is 7.80. The molecule has 144 valence electrons. The molecule has 28 heavy (non-hydrogen) atoms. The number of likely N-dealkylation sites (N-methyl/N-ethyl adjacent to an activating group) is 1. The van der Waals surface area contributed by atoms with Crippen LogP contribution in [0.2, 0.25) is 0 Å². The number of thiocarbonyl (C=S) groups is 1. The van der Waals surface area contributed by atoms with Gasteiger partial charge in [0.05, 0.1) is 18.4 Å². The van der Waals surface area contributed by atoms with Gasteiger partial charge in [0, 0.05) is 18.4 Å².